The van der Waals surface area contributed by atoms with Crippen molar-refractivity contribution in [1.29, 1.82) is 0 Å². The van der Waals surface area contributed by atoms with Crippen LogP contribution in [-0.2, 0) is 39.1 Å². The number of alkyl halides is 3. The number of nitrogens with one attached hydrogen (secondary N) is 1. The number of hydrogen-bond donors (Lipinski definition) is 2. The summed E-state index contributed by atoms with van der Waals surface area (Å²) in [6.45, 7) is 6.20. The lowest BCUT2D eigenvalue weighted by Crippen LogP contribution is -2.35. The zero-order chi connectivity index (χ0) is 29.5. The van der Waals surface area contributed by atoms with Crippen molar-refractivity contribution in [3.05, 3.63) is 69.9 Å². The number of carboxylic acid groups (broad SMARTS) is 1. The molecule has 3 aromatic rings. The molecule has 3 heterocycles. The fourth-order valence-corrected chi connectivity index (χ4v) is 7.16. The maximum atomic E-state index is 12.8. The zero-order valence-electron chi connectivity index (χ0n) is 22.1. The lowest BCUT2D eigenvalue weighted by atomic mass is 10.2. The average molecular weight is 601 g/mol. The van der Waals surface area contributed by atoms with E-state index >= 15 is 0 Å². The predicted molar refractivity (Wildman–Crippen MR) is 143 cm³/mol. The largest absolute Gasteiger partial charge is 0.490 e. The highest BCUT2D eigenvalue weighted by Crippen LogP contribution is 2.27. The highest BCUT2D eigenvalue weighted by atomic mass is 32.2. The molecule has 1 aromatic carbocycles. The molecule has 1 aliphatic heterocycles. The predicted octanol–water partition coefficient (Wildman–Crippen LogP) is 4.28. The molecule has 0 saturated carbocycles. The lowest BCUT2D eigenvalue weighted by molar-refractivity contribution is -0.192. The number of aliphatic carboxylic acids is 1. The van der Waals surface area contributed by atoms with Crippen LogP contribution in [0.2, 0.25) is 0 Å². The Bertz CT molecular complexity index is 1410. The Morgan fingerprint density at radius 3 is 2.27 bits per heavy atom. The number of carbonyl (C=O) groups is 2. The van der Waals surface area contributed by atoms with E-state index in [1.807, 2.05) is 36.7 Å². The van der Waals surface area contributed by atoms with Crippen LogP contribution in [0.5, 0.6) is 0 Å². The molecule has 4 rings (SSSR count). The van der Waals surface area contributed by atoms with Crippen molar-refractivity contribution in [2.24, 2.45) is 0 Å². The molecular formula is C26H31F3N4O5S2. The Morgan fingerprint density at radius 1 is 1.05 bits per heavy atom. The average Bonchev–Trinajstić information content (AvgIpc) is 3.48. The second-order valence-corrected chi connectivity index (χ2v) is 12.6. The van der Waals surface area contributed by atoms with Crippen LogP contribution in [0.3, 0.4) is 0 Å². The number of halogens is 3. The number of rotatable bonds is 8. The minimum absolute atomic E-state index is 0.131. The Morgan fingerprint density at radius 2 is 1.68 bits per heavy atom. The summed E-state index contributed by atoms with van der Waals surface area (Å²) in [7, 11) is -3.46. The van der Waals surface area contributed by atoms with Crippen molar-refractivity contribution in [3.8, 4) is 0 Å². The van der Waals surface area contributed by atoms with Crippen LogP contribution >= 0.6 is 11.3 Å². The van der Waals surface area contributed by atoms with Gasteiger partial charge in [0, 0.05) is 35.8 Å². The summed E-state index contributed by atoms with van der Waals surface area (Å²) in [5.74, 6) is -2.89. The minimum atomic E-state index is -5.08. The van der Waals surface area contributed by atoms with Gasteiger partial charge in [0.15, 0.2) is 0 Å². The molecule has 0 radical (unpaired) electrons. The molecule has 1 amide bonds. The lowest BCUT2D eigenvalue weighted by Gasteiger charge is -2.25. The van der Waals surface area contributed by atoms with E-state index in [1.54, 1.807) is 16.4 Å². The van der Waals surface area contributed by atoms with Gasteiger partial charge in [-0.05, 0) is 44.4 Å². The second-order valence-electron chi connectivity index (χ2n) is 9.23. The van der Waals surface area contributed by atoms with E-state index in [0.717, 1.165) is 41.1 Å². The van der Waals surface area contributed by atoms with Gasteiger partial charge in [-0.1, -0.05) is 36.8 Å². The number of nitrogens with zero attached hydrogens (tertiary/aromatic N) is 3. The molecule has 0 bridgehead atoms. The van der Waals surface area contributed by atoms with Crippen LogP contribution in [-0.4, -0.2) is 58.8 Å². The number of sulfonamides is 1. The quantitative estimate of drug-likeness (QED) is 0.398. The third-order valence-corrected chi connectivity index (χ3v) is 9.74. The number of aryl methyl sites for hydroxylation is 1. The van der Waals surface area contributed by atoms with Gasteiger partial charge in [-0.25, -0.2) is 13.2 Å². The maximum absolute atomic E-state index is 12.8. The second kappa shape index (κ2) is 13.4. The molecule has 0 spiro atoms. The number of thiophene rings is 1. The van der Waals surface area contributed by atoms with Crippen LogP contribution < -0.4 is 5.32 Å². The molecular weight excluding hydrogens is 569 g/mol. The number of carbonyl (C=O) groups excluding carboxylic acids is 1. The number of hydrogen-bond acceptors (Lipinski definition) is 6. The summed E-state index contributed by atoms with van der Waals surface area (Å²) < 4.78 is 61.2. The summed E-state index contributed by atoms with van der Waals surface area (Å²) in [5, 5.41) is 14.7. The van der Waals surface area contributed by atoms with E-state index in [0.29, 0.717) is 30.4 Å². The SMILES string of the molecule is Cc1nn(Cc2ccccc2)c(C)c1CNC(=O)Cc1ccc(S(=O)(=O)N2CCCCC2)s1.O=C(O)C(F)(F)F. The number of amides is 1. The fourth-order valence-electron chi connectivity index (χ4n) is 4.13. The van der Waals surface area contributed by atoms with Crippen LogP contribution in [0.15, 0.2) is 46.7 Å². The van der Waals surface area contributed by atoms with Crippen LogP contribution in [0.1, 0.15) is 46.7 Å². The van der Waals surface area contributed by atoms with Crippen molar-refractivity contribution in [1.82, 2.24) is 19.4 Å². The van der Waals surface area contributed by atoms with Gasteiger partial charge in [0.25, 0.3) is 10.0 Å². The molecule has 9 nitrogen and oxygen atoms in total. The van der Waals surface area contributed by atoms with E-state index in [1.165, 1.54) is 16.9 Å². The zero-order valence-corrected chi connectivity index (χ0v) is 23.7. The molecule has 2 N–H and O–H groups in total. The molecule has 0 atom stereocenters. The highest BCUT2D eigenvalue weighted by molar-refractivity contribution is 7.91. The van der Waals surface area contributed by atoms with Crippen LogP contribution in [0, 0.1) is 13.8 Å². The van der Waals surface area contributed by atoms with Crippen molar-refractivity contribution in [3.63, 3.8) is 0 Å². The number of carboxylic acids is 1. The van der Waals surface area contributed by atoms with Gasteiger partial charge < -0.3 is 10.4 Å². The van der Waals surface area contributed by atoms with Gasteiger partial charge in [0.2, 0.25) is 5.91 Å². The smallest absolute Gasteiger partial charge is 0.475 e. The van der Waals surface area contributed by atoms with Gasteiger partial charge in [-0.15, -0.1) is 11.3 Å². The molecule has 40 heavy (non-hydrogen) atoms. The monoisotopic (exact) mass is 600 g/mol. The first kappa shape index (κ1) is 31.3. The third kappa shape index (κ3) is 8.38. The molecule has 1 fully saturated rings. The Labute approximate surface area is 234 Å². The van der Waals surface area contributed by atoms with E-state index in [4.69, 9.17) is 9.90 Å². The molecule has 1 saturated heterocycles. The van der Waals surface area contributed by atoms with Gasteiger partial charge >= 0.3 is 12.1 Å². The van der Waals surface area contributed by atoms with Crippen molar-refractivity contribution >= 4 is 33.2 Å². The maximum Gasteiger partial charge on any atom is 0.490 e. The molecule has 218 valence electrons. The Hall–Kier alpha value is -3.23. The molecule has 1 aliphatic rings. The Balaban J connectivity index is 0.000000559. The topological polar surface area (TPSA) is 122 Å². The standard InChI is InChI=1S/C24H30N4O3S2.C2HF3O2/c1-18-22(19(2)28(26-18)17-20-9-5-3-6-10-20)16-25-23(29)15-21-11-12-24(32-21)33(30,31)27-13-7-4-8-14-27;3-2(4,5)1(6)7/h3,5-6,9-12H,4,7-8,13-17H2,1-2H3,(H,25,29);(H,6,7). The van der Waals surface area contributed by atoms with Crippen LogP contribution in [0.25, 0.3) is 0 Å². The first-order valence-corrected chi connectivity index (χ1v) is 14.8. The molecule has 2 aromatic heterocycles. The van der Waals surface area contributed by atoms with E-state index < -0.39 is 22.2 Å². The minimum Gasteiger partial charge on any atom is -0.475 e. The highest BCUT2D eigenvalue weighted by Gasteiger charge is 2.38. The van der Waals surface area contributed by atoms with Gasteiger partial charge in [-0.3, -0.25) is 9.48 Å². The molecule has 0 aliphatic carbocycles. The number of aromatic nitrogens is 2. The fraction of sp³-hybridized carbons (Fsp3) is 0.423. The van der Waals surface area contributed by atoms with Gasteiger partial charge in [-0.2, -0.15) is 22.6 Å². The van der Waals surface area contributed by atoms with Crippen LogP contribution in [0.4, 0.5) is 13.2 Å². The third-order valence-electron chi connectivity index (χ3n) is 6.29. The normalized spacial score (nSPS) is 14.3. The Kier molecular flexibility index (Phi) is 10.5. The van der Waals surface area contributed by atoms with Gasteiger partial charge in [0.1, 0.15) is 4.21 Å². The first-order valence-electron chi connectivity index (χ1n) is 12.5. The van der Waals surface area contributed by atoms with E-state index in [9.17, 15) is 26.4 Å². The van der Waals surface area contributed by atoms with E-state index in [2.05, 4.69) is 22.5 Å². The summed E-state index contributed by atoms with van der Waals surface area (Å²) >= 11 is 1.19. The summed E-state index contributed by atoms with van der Waals surface area (Å²) in [6, 6.07) is 13.5. The van der Waals surface area contributed by atoms with Crippen molar-refractivity contribution in [2.75, 3.05) is 13.1 Å². The van der Waals surface area contributed by atoms with E-state index in [-0.39, 0.29) is 12.3 Å². The first-order chi connectivity index (χ1) is 18.8. The summed E-state index contributed by atoms with van der Waals surface area (Å²) in [6.07, 6.45) is -2.04. The summed E-state index contributed by atoms with van der Waals surface area (Å²) in [5.41, 5.74) is 4.11. The summed E-state index contributed by atoms with van der Waals surface area (Å²) in [4.78, 5) is 22.2. The van der Waals surface area contributed by atoms with Gasteiger partial charge in [0.05, 0.1) is 18.7 Å². The molecule has 0 unspecified atom stereocenters. The van der Waals surface area contributed by atoms with Crippen molar-refractivity contribution < 1.29 is 36.3 Å². The van der Waals surface area contributed by atoms with Crippen molar-refractivity contribution in [2.45, 2.75) is 63.0 Å². The number of piperidine rings is 1. The molecule has 14 heteroatoms. The number of benzene rings is 1.